The number of ether oxygens (including phenoxy) is 2. The van der Waals surface area contributed by atoms with Gasteiger partial charge in [-0.3, -0.25) is 4.79 Å². The fourth-order valence-electron chi connectivity index (χ4n) is 3.52. The van der Waals surface area contributed by atoms with Crippen LogP contribution in [0.15, 0.2) is 23.1 Å². The van der Waals surface area contributed by atoms with Gasteiger partial charge in [0.05, 0.1) is 17.1 Å². The van der Waals surface area contributed by atoms with Crippen LogP contribution in [0, 0.1) is 20.8 Å². The molecule has 1 aromatic heterocycles. The summed E-state index contributed by atoms with van der Waals surface area (Å²) < 4.78 is 37.2. The fraction of sp³-hybridized carbons (Fsp3) is 0.435. The molecular weight excluding hydrogens is 462 g/mol. The van der Waals surface area contributed by atoms with E-state index in [0.717, 1.165) is 0 Å². The molecule has 2 rings (SSSR count). The van der Waals surface area contributed by atoms with Crippen molar-refractivity contribution in [2.45, 2.75) is 46.4 Å². The molecule has 0 fully saturated rings. The van der Waals surface area contributed by atoms with E-state index < -0.39 is 34.5 Å². The summed E-state index contributed by atoms with van der Waals surface area (Å²) in [5.41, 5.74) is 1.93. The zero-order valence-electron chi connectivity index (χ0n) is 20.3. The molecular formula is C23H31N3O7S. The summed E-state index contributed by atoms with van der Waals surface area (Å²) in [4.78, 5) is 39.8. The lowest BCUT2D eigenvalue weighted by Crippen LogP contribution is -2.31. The molecule has 1 amide bonds. The maximum Gasteiger partial charge on any atom is 0.355 e. The Balaban J connectivity index is 2.11. The van der Waals surface area contributed by atoms with Gasteiger partial charge in [0.15, 0.2) is 6.61 Å². The van der Waals surface area contributed by atoms with Gasteiger partial charge in [-0.1, -0.05) is 19.9 Å². The number of rotatable bonds is 10. The predicted molar refractivity (Wildman–Crippen MR) is 126 cm³/mol. The van der Waals surface area contributed by atoms with Crippen LogP contribution in [-0.4, -0.2) is 61.9 Å². The normalized spacial score (nSPS) is 11.4. The molecule has 2 N–H and O–H groups in total. The van der Waals surface area contributed by atoms with Crippen molar-refractivity contribution in [2.75, 3.05) is 31.6 Å². The molecule has 0 spiro atoms. The summed E-state index contributed by atoms with van der Waals surface area (Å²) in [5.74, 6) is -2.00. The Kier molecular flexibility index (Phi) is 9.00. The number of anilines is 1. The highest BCUT2D eigenvalue weighted by Crippen LogP contribution is 2.24. The number of hydrogen-bond acceptors (Lipinski definition) is 7. The van der Waals surface area contributed by atoms with E-state index >= 15 is 0 Å². The Labute approximate surface area is 199 Å². The van der Waals surface area contributed by atoms with Crippen LogP contribution in [0.4, 0.5) is 5.69 Å². The molecule has 1 aromatic carbocycles. The molecule has 0 saturated carbocycles. The number of esters is 2. The first-order valence-electron chi connectivity index (χ1n) is 10.9. The minimum Gasteiger partial charge on any atom is -0.462 e. The fourth-order valence-corrected chi connectivity index (χ4v) is 5.23. The van der Waals surface area contributed by atoms with Gasteiger partial charge in [0.2, 0.25) is 10.0 Å². The maximum atomic E-state index is 12.9. The Morgan fingerprint density at radius 3 is 2.24 bits per heavy atom. The second-order valence-electron chi connectivity index (χ2n) is 7.54. The van der Waals surface area contributed by atoms with Gasteiger partial charge in [-0.05, 0) is 51.0 Å². The number of benzene rings is 1. The molecule has 0 aliphatic heterocycles. The zero-order valence-corrected chi connectivity index (χ0v) is 21.1. The molecule has 186 valence electrons. The van der Waals surface area contributed by atoms with Crippen LogP contribution >= 0.6 is 0 Å². The molecule has 0 bridgehead atoms. The minimum absolute atomic E-state index is 0.0521. The number of hydrogen-bond donors (Lipinski definition) is 2. The lowest BCUT2D eigenvalue weighted by atomic mass is 10.1. The van der Waals surface area contributed by atoms with Gasteiger partial charge < -0.3 is 19.8 Å². The minimum atomic E-state index is -3.72. The highest BCUT2D eigenvalue weighted by Gasteiger charge is 2.25. The second-order valence-corrected chi connectivity index (χ2v) is 9.45. The first kappa shape index (κ1) is 27.1. The van der Waals surface area contributed by atoms with Crippen molar-refractivity contribution in [3.8, 4) is 0 Å². The number of aryl methyl sites for hydroxylation is 2. The monoisotopic (exact) mass is 493 g/mol. The first-order valence-corrected chi connectivity index (χ1v) is 12.4. The largest absolute Gasteiger partial charge is 0.462 e. The summed E-state index contributed by atoms with van der Waals surface area (Å²) in [6.45, 7) is 10.3. The summed E-state index contributed by atoms with van der Waals surface area (Å²) in [5, 5.41) is 2.55. The molecule has 0 unspecified atom stereocenters. The predicted octanol–water partition coefficient (Wildman–Crippen LogP) is 2.94. The van der Waals surface area contributed by atoms with Crippen LogP contribution in [0.1, 0.15) is 58.4 Å². The third-order valence-electron chi connectivity index (χ3n) is 5.25. The first-order chi connectivity index (χ1) is 16.0. The maximum absolute atomic E-state index is 12.9. The molecule has 0 aliphatic carbocycles. The molecule has 0 atom stereocenters. The Morgan fingerprint density at radius 1 is 1.00 bits per heavy atom. The van der Waals surface area contributed by atoms with Gasteiger partial charge in [0.25, 0.3) is 5.91 Å². The Morgan fingerprint density at radius 2 is 1.65 bits per heavy atom. The SMILES string of the molecule is CCOC(=O)c1c(C)[nH]c(C(=O)OCC(=O)Nc2ccc(C)c(S(=O)(=O)N(CC)CC)c2)c1C. The van der Waals surface area contributed by atoms with Crippen molar-refractivity contribution in [1.29, 1.82) is 0 Å². The lowest BCUT2D eigenvalue weighted by molar-refractivity contribution is -0.119. The number of carbonyl (C=O) groups excluding carboxylic acids is 3. The third kappa shape index (κ3) is 5.84. The van der Waals surface area contributed by atoms with E-state index in [2.05, 4.69) is 10.3 Å². The van der Waals surface area contributed by atoms with Crippen molar-refractivity contribution < 1.29 is 32.3 Å². The van der Waals surface area contributed by atoms with E-state index in [4.69, 9.17) is 9.47 Å². The number of carbonyl (C=O) groups is 3. The van der Waals surface area contributed by atoms with Crippen molar-refractivity contribution in [2.24, 2.45) is 0 Å². The smallest absolute Gasteiger partial charge is 0.355 e. The third-order valence-corrected chi connectivity index (χ3v) is 7.44. The van der Waals surface area contributed by atoms with Crippen LogP contribution < -0.4 is 5.32 Å². The van der Waals surface area contributed by atoms with Crippen LogP contribution in [0.2, 0.25) is 0 Å². The van der Waals surface area contributed by atoms with Crippen LogP contribution in [-0.2, 0) is 24.3 Å². The standard InChI is InChI=1S/C23H31N3O7S/c1-7-26(8-2)34(30,31)18-12-17(11-10-14(18)4)25-19(27)13-33-23(29)21-15(5)20(16(6)24-21)22(28)32-9-3/h10-12,24H,7-9,13H2,1-6H3,(H,25,27). The molecule has 1 heterocycles. The van der Waals surface area contributed by atoms with Gasteiger partial charge in [-0.2, -0.15) is 4.31 Å². The zero-order chi connectivity index (χ0) is 25.6. The van der Waals surface area contributed by atoms with Crippen molar-refractivity contribution >= 4 is 33.6 Å². The molecule has 0 saturated heterocycles. The Hall–Kier alpha value is -3.18. The number of H-pyrrole nitrogens is 1. The number of aromatic nitrogens is 1. The quantitative estimate of drug-likeness (QED) is 0.486. The van der Waals surface area contributed by atoms with Crippen LogP contribution in [0.25, 0.3) is 0 Å². The average Bonchev–Trinajstić information content (AvgIpc) is 3.08. The second kappa shape index (κ2) is 11.3. The highest BCUT2D eigenvalue weighted by molar-refractivity contribution is 7.89. The van der Waals surface area contributed by atoms with Crippen molar-refractivity contribution in [1.82, 2.24) is 9.29 Å². The molecule has 0 aliphatic rings. The molecule has 34 heavy (non-hydrogen) atoms. The molecule has 0 radical (unpaired) electrons. The van der Waals surface area contributed by atoms with E-state index in [-0.39, 0.29) is 28.4 Å². The summed E-state index contributed by atoms with van der Waals surface area (Å²) >= 11 is 0. The average molecular weight is 494 g/mol. The van der Waals surface area contributed by atoms with Gasteiger partial charge in [0.1, 0.15) is 5.69 Å². The number of nitrogens with zero attached hydrogens (tertiary/aromatic N) is 1. The van der Waals surface area contributed by atoms with Gasteiger partial charge in [0, 0.05) is 24.5 Å². The lowest BCUT2D eigenvalue weighted by Gasteiger charge is -2.20. The van der Waals surface area contributed by atoms with Crippen LogP contribution in [0.5, 0.6) is 0 Å². The summed E-state index contributed by atoms with van der Waals surface area (Å²) in [7, 11) is -3.72. The van der Waals surface area contributed by atoms with Gasteiger partial charge in [-0.25, -0.2) is 18.0 Å². The molecule has 2 aromatic rings. The number of nitrogens with one attached hydrogen (secondary N) is 2. The van der Waals surface area contributed by atoms with Crippen molar-refractivity contribution in [3.63, 3.8) is 0 Å². The van der Waals surface area contributed by atoms with E-state index in [0.29, 0.717) is 29.9 Å². The van der Waals surface area contributed by atoms with E-state index in [1.165, 1.54) is 10.4 Å². The van der Waals surface area contributed by atoms with Crippen LogP contribution in [0.3, 0.4) is 0 Å². The highest BCUT2D eigenvalue weighted by atomic mass is 32.2. The number of amides is 1. The topological polar surface area (TPSA) is 135 Å². The summed E-state index contributed by atoms with van der Waals surface area (Å²) in [6.07, 6.45) is 0. The summed E-state index contributed by atoms with van der Waals surface area (Å²) in [6, 6.07) is 4.55. The van der Waals surface area contributed by atoms with Crippen molar-refractivity contribution in [3.05, 3.63) is 46.3 Å². The van der Waals surface area contributed by atoms with E-state index in [1.54, 1.807) is 53.7 Å². The van der Waals surface area contributed by atoms with E-state index in [1.807, 2.05) is 0 Å². The number of sulfonamides is 1. The van der Waals surface area contributed by atoms with Gasteiger partial charge in [-0.15, -0.1) is 0 Å². The van der Waals surface area contributed by atoms with E-state index in [9.17, 15) is 22.8 Å². The Bertz CT molecular complexity index is 1180. The van der Waals surface area contributed by atoms with Gasteiger partial charge >= 0.3 is 11.9 Å². The number of aromatic amines is 1. The molecule has 10 nitrogen and oxygen atoms in total. The molecule has 11 heteroatoms.